The predicted molar refractivity (Wildman–Crippen MR) is 80.1 cm³/mol. The van der Waals surface area contributed by atoms with Crippen LogP contribution in [0.2, 0.25) is 5.02 Å². The quantitative estimate of drug-likeness (QED) is 0.869. The van der Waals surface area contributed by atoms with Gasteiger partial charge in [0.1, 0.15) is 6.29 Å². The molecular weight excluding hydrogens is 276 g/mol. The molecule has 1 aromatic carbocycles. The van der Waals surface area contributed by atoms with Gasteiger partial charge in [0.2, 0.25) is 5.91 Å². The number of anilines is 1. The van der Waals surface area contributed by atoms with E-state index >= 15 is 0 Å². The number of likely N-dealkylation sites (tertiary alicyclic amines) is 1. The monoisotopic (exact) mass is 294 g/mol. The Bertz CT molecular complexity index is 505. The summed E-state index contributed by atoms with van der Waals surface area (Å²) >= 11 is 6.03. The minimum Gasteiger partial charge on any atom is -0.325 e. The molecule has 1 aromatic rings. The number of piperidine rings is 1. The SMILES string of the molecule is Cc1c(Cl)cccc1NC(=O)CN1CCCCC1C=O. The molecular formula is C15H19ClN2O2. The maximum Gasteiger partial charge on any atom is 0.238 e. The Balaban J connectivity index is 1.98. The van der Waals surface area contributed by atoms with Crippen molar-refractivity contribution in [1.29, 1.82) is 0 Å². The van der Waals surface area contributed by atoms with Crippen LogP contribution in [-0.2, 0) is 9.59 Å². The van der Waals surface area contributed by atoms with Gasteiger partial charge in [0, 0.05) is 10.7 Å². The number of benzene rings is 1. The molecule has 1 amide bonds. The zero-order valence-electron chi connectivity index (χ0n) is 11.6. The number of hydrogen-bond acceptors (Lipinski definition) is 3. The first kappa shape index (κ1) is 15.0. The van der Waals surface area contributed by atoms with Crippen molar-refractivity contribution in [3.05, 3.63) is 28.8 Å². The summed E-state index contributed by atoms with van der Waals surface area (Å²) in [6.45, 7) is 2.91. The molecule has 0 aromatic heterocycles. The van der Waals surface area contributed by atoms with E-state index in [1.54, 1.807) is 12.1 Å². The van der Waals surface area contributed by atoms with Crippen LogP contribution in [0.15, 0.2) is 18.2 Å². The fourth-order valence-electron chi connectivity index (χ4n) is 2.48. The second kappa shape index (κ2) is 6.86. The van der Waals surface area contributed by atoms with Crippen LogP contribution in [0.1, 0.15) is 24.8 Å². The smallest absolute Gasteiger partial charge is 0.238 e. The second-order valence-corrected chi connectivity index (χ2v) is 5.54. The van der Waals surface area contributed by atoms with Crippen LogP contribution in [-0.4, -0.2) is 36.2 Å². The first-order valence-electron chi connectivity index (χ1n) is 6.86. The maximum atomic E-state index is 12.1. The summed E-state index contributed by atoms with van der Waals surface area (Å²) < 4.78 is 0. The van der Waals surface area contributed by atoms with Crippen LogP contribution < -0.4 is 5.32 Å². The first-order valence-corrected chi connectivity index (χ1v) is 7.24. The number of carbonyl (C=O) groups is 2. The summed E-state index contributed by atoms with van der Waals surface area (Å²) in [7, 11) is 0. The van der Waals surface area contributed by atoms with Gasteiger partial charge in [-0.1, -0.05) is 24.1 Å². The summed E-state index contributed by atoms with van der Waals surface area (Å²) in [5.41, 5.74) is 1.58. The summed E-state index contributed by atoms with van der Waals surface area (Å²) in [6.07, 6.45) is 3.87. The van der Waals surface area contributed by atoms with Gasteiger partial charge in [0.05, 0.1) is 12.6 Å². The molecule has 1 fully saturated rings. The predicted octanol–water partition coefficient (Wildman–Crippen LogP) is 2.64. The van der Waals surface area contributed by atoms with Crippen molar-refractivity contribution in [2.75, 3.05) is 18.4 Å². The van der Waals surface area contributed by atoms with Gasteiger partial charge >= 0.3 is 0 Å². The van der Waals surface area contributed by atoms with E-state index in [1.807, 2.05) is 17.9 Å². The van der Waals surface area contributed by atoms with E-state index in [0.717, 1.165) is 43.3 Å². The molecule has 108 valence electrons. The second-order valence-electron chi connectivity index (χ2n) is 5.13. The van der Waals surface area contributed by atoms with Crippen molar-refractivity contribution in [2.24, 2.45) is 0 Å². The van der Waals surface area contributed by atoms with E-state index in [0.29, 0.717) is 5.02 Å². The van der Waals surface area contributed by atoms with Gasteiger partial charge in [-0.15, -0.1) is 0 Å². The fraction of sp³-hybridized carbons (Fsp3) is 0.467. The average Bonchev–Trinajstić information content (AvgIpc) is 2.44. The van der Waals surface area contributed by atoms with Gasteiger partial charge in [-0.25, -0.2) is 0 Å². The zero-order valence-corrected chi connectivity index (χ0v) is 12.3. The minimum absolute atomic E-state index is 0.107. The highest BCUT2D eigenvalue weighted by molar-refractivity contribution is 6.31. The molecule has 0 bridgehead atoms. The zero-order chi connectivity index (χ0) is 14.5. The van der Waals surface area contributed by atoms with Crippen molar-refractivity contribution >= 4 is 29.5 Å². The summed E-state index contributed by atoms with van der Waals surface area (Å²) in [4.78, 5) is 25.0. The number of hydrogen-bond donors (Lipinski definition) is 1. The third-order valence-corrected chi connectivity index (χ3v) is 4.12. The lowest BCUT2D eigenvalue weighted by atomic mass is 10.0. The third-order valence-electron chi connectivity index (χ3n) is 3.71. The summed E-state index contributed by atoms with van der Waals surface area (Å²) in [5.74, 6) is -0.107. The van der Waals surface area contributed by atoms with Crippen molar-refractivity contribution in [3.63, 3.8) is 0 Å². The molecule has 20 heavy (non-hydrogen) atoms. The Labute approximate surface area is 124 Å². The van der Waals surface area contributed by atoms with Gasteiger partial charge in [-0.05, 0) is 44.0 Å². The highest BCUT2D eigenvalue weighted by Gasteiger charge is 2.23. The van der Waals surface area contributed by atoms with E-state index in [4.69, 9.17) is 11.6 Å². The van der Waals surface area contributed by atoms with E-state index in [1.165, 1.54) is 0 Å². The van der Waals surface area contributed by atoms with Crippen molar-refractivity contribution in [1.82, 2.24) is 4.90 Å². The standard InChI is InChI=1S/C15H19ClN2O2/c1-11-13(16)6-4-7-14(11)17-15(20)9-18-8-3-2-5-12(18)10-19/h4,6-7,10,12H,2-3,5,8-9H2,1H3,(H,17,20). The van der Waals surface area contributed by atoms with Gasteiger partial charge < -0.3 is 10.1 Å². The molecule has 4 nitrogen and oxygen atoms in total. The number of nitrogens with zero attached hydrogens (tertiary/aromatic N) is 1. The minimum atomic E-state index is -0.130. The molecule has 1 aliphatic heterocycles. The lowest BCUT2D eigenvalue weighted by molar-refractivity contribution is -0.120. The number of rotatable bonds is 4. The van der Waals surface area contributed by atoms with Gasteiger partial charge in [-0.2, -0.15) is 0 Å². The summed E-state index contributed by atoms with van der Waals surface area (Å²) in [5, 5.41) is 3.49. The maximum absolute atomic E-state index is 12.1. The highest BCUT2D eigenvalue weighted by atomic mass is 35.5. The summed E-state index contributed by atoms with van der Waals surface area (Å²) in [6, 6.07) is 5.29. The topological polar surface area (TPSA) is 49.4 Å². The van der Waals surface area contributed by atoms with Gasteiger partial charge in [0.25, 0.3) is 0 Å². The fourth-order valence-corrected chi connectivity index (χ4v) is 2.66. The number of aldehydes is 1. The Morgan fingerprint density at radius 2 is 2.30 bits per heavy atom. The van der Waals surface area contributed by atoms with E-state index in [9.17, 15) is 9.59 Å². The molecule has 0 spiro atoms. The largest absolute Gasteiger partial charge is 0.325 e. The number of nitrogens with one attached hydrogen (secondary N) is 1. The van der Waals surface area contributed by atoms with Crippen molar-refractivity contribution < 1.29 is 9.59 Å². The molecule has 1 heterocycles. The molecule has 0 radical (unpaired) electrons. The molecule has 0 saturated carbocycles. The van der Waals surface area contributed by atoms with Crippen LogP contribution in [0.25, 0.3) is 0 Å². The highest BCUT2D eigenvalue weighted by Crippen LogP contribution is 2.23. The third kappa shape index (κ3) is 3.58. The lowest BCUT2D eigenvalue weighted by Crippen LogP contribution is -2.44. The Morgan fingerprint density at radius 1 is 1.50 bits per heavy atom. The van der Waals surface area contributed by atoms with E-state index < -0.39 is 0 Å². The normalized spacial score (nSPS) is 19.6. The van der Waals surface area contributed by atoms with Crippen LogP contribution in [0, 0.1) is 6.92 Å². The van der Waals surface area contributed by atoms with Crippen LogP contribution >= 0.6 is 11.6 Å². The molecule has 1 unspecified atom stereocenters. The first-order chi connectivity index (χ1) is 9.61. The number of halogens is 1. The molecule has 1 saturated heterocycles. The number of carbonyl (C=O) groups excluding carboxylic acids is 2. The Kier molecular flexibility index (Phi) is 5.15. The van der Waals surface area contributed by atoms with Crippen molar-refractivity contribution in [2.45, 2.75) is 32.2 Å². The Hall–Kier alpha value is -1.39. The van der Waals surface area contributed by atoms with E-state index in [2.05, 4.69) is 5.32 Å². The van der Waals surface area contributed by atoms with Crippen LogP contribution in [0.4, 0.5) is 5.69 Å². The molecule has 5 heteroatoms. The molecule has 1 atom stereocenters. The van der Waals surface area contributed by atoms with Crippen LogP contribution in [0.3, 0.4) is 0 Å². The molecule has 0 aliphatic carbocycles. The van der Waals surface area contributed by atoms with Crippen molar-refractivity contribution in [3.8, 4) is 0 Å². The Morgan fingerprint density at radius 3 is 3.05 bits per heavy atom. The van der Waals surface area contributed by atoms with Gasteiger partial charge in [0.15, 0.2) is 0 Å². The van der Waals surface area contributed by atoms with Crippen LogP contribution in [0.5, 0.6) is 0 Å². The molecule has 1 N–H and O–H groups in total. The van der Waals surface area contributed by atoms with Gasteiger partial charge in [-0.3, -0.25) is 9.69 Å². The molecule has 1 aliphatic rings. The average molecular weight is 295 g/mol. The van der Waals surface area contributed by atoms with E-state index in [-0.39, 0.29) is 18.5 Å². The lowest BCUT2D eigenvalue weighted by Gasteiger charge is -2.31. The number of amides is 1. The molecule has 2 rings (SSSR count).